The molecule has 1 saturated carbocycles. The van der Waals surface area contributed by atoms with Crippen LogP contribution < -0.4 is 4.74 Å². The zero-order valence-electron chi connectivity index (χ0n) is 13.8. The molecule has 6 heteroatoms. The van der Waals surface area contributed by atoms with Crippen LogP contribution in [0.15, 0.2) is 45.6 Å². The molecule has 0 unspecified atom stereocenters. The SMILES string of the molecule is CC(C)=C(Cl)/N=C1/CCC/C1=C(/C)c1ccc(OC(F)(F)F)cc1. The maximum absolute atomic E-state index is 12.2. The molecule has 1 aliphatic carbocycles. The van der Waals surface area contributed by atoms with Gasteiger partial charge >= 0.3 is 6.36 Å². The molecule has 1 fully saturated rings. The van der Waals surface area contributed by atoms with Gasteiger partial charge in [-0.1, -0.05) is 23.7 Å². The van der Waals surface area contributed by atoms with Crippen molar-refractivity contribution in [2.75, 3.05) is 0 Å². The van der Waals surface area contributed by atoms with E-state index in [0.717, 1.165) is 47.3 Å². The zero-order valence-corrected chi connectivity index (χ0v) is 14.6. The molecule has 2 nitrogen and oxygen atoms in total. The van der Waals surface area contributed by atoms with Gasteiger partial charge in [0.05, 0.1) is 0 Å². The van der Waals surface area contributed by atoms with Crippen LogP contribution in [0.3, 0.4) is 0 Å². The summed E-state index contributed by atoms with van der Waals surface area (Å²) >= 11 is 6.14. The van der Waals surface area contributed by atoms with Crippen molar-refractivity contribution in [3.63, 3.8) is 0 Å². The molecule has 0 atom stereocenters. The van der Waals surface area contributed by atoms with Crippen LogP contribution in [-0.2, 0) is 0 Å². The van der Waals surface area contributed by atoms with Crippen LogP contribution in [-0.4, -0.2) is 12.1 Å². The van der Waals surface area contributed by atoms with E-state index in [-0.39, 0.29) is 5.75 Å². The molecule has 0 bridgehead atoms. The van der Waals surface area contributed by atoms with Crippen LogP contribution in [0.1, 0.15) is 45.6 Å². The first-order chi connectivity index (χ1) is 11.2. The normalized spacial score (nSPS) is 18.7. The lowest BCUT2D eigenvalue weighted by Crippen LogP contribution is -2.17. The fraction of sp³-hybridized carbons (Fsp3) is 0.389. The van der Waals surface area contributed by atoms with E-state index in [0.29, 0.717) is 5.16 Å². The fourth-order valence-corrected chi connectivity index (χ4v) is 2.67. The Hall–Kier alpha value is -1.75. The Kier molecular flexibility index (Phi) is 5.75. The van der Waals surface area contributed by atoms with Crippen LogP contribution in [0.25, 0.3) is 5.57 Å². The third-order valence-electron chi connectivity index (χ3n) is 3.81. The summed E-state index contributed by atoms with van der Waals surface area (Å²) in [5.41, 5.74) is 4.86. The smallest absolute Gasteiger partial charge is 0.406 e. The molecule has 1 aromatic rings. The lowest BCUT2D eigenvalue weighted by atomic mass is 9.99. The molecule has 1 aliphatic rings. The van der Waals surface area contributed by atoms with Gasteiger partial charge in [0, 0.05) is 5.71 Å². The molecule has 0 aromatic heterocycles. The van der Waals surface area contributed by atoms with Gasteiger partial charge in [-0.05, 0) is 74.4 Å². The molecule has 0 radical (unpaired) electrons. The van der Waals surface area contributed by atoms with Crippen molar-refractivity contribution in [1.29, 1.82) is 0 Å². The Labute approximate surface area is 144 Å². The molecular formula is C18H19ClF3NO. The van der Waals surface area contributed by atoms with Crippen molar-refractivity contribution in [3.8, 4) is 5.75 Å². The second-order valence-electron chi connectivity index (χ2n) is 5.88. The standard InChI is InChI=1S/C18H19ClF3NO/c1-11(2)17(19)23-16-6-4-5-15(16)12(3)13-7-9-14(10-8-13)24-18(20,21)22/h7-10H,4-6H2,1-3H3/b15-12+,23-16-. The largest absolute Gasteiger partial charge is 0.573 e. The van der Waals surface area contributed by atoms with Gasteiger partial charge in [0.1, 0.15) is 10.9 Å². The molecule has 0 N–H and O–H groups in total. The number of hydrogen-bond acceptors (Lipinski definition) is 2. The highest BCUT2D eigenvalue weighted by Gasteiger charge is 2.31. The van der Waals surface area contributed by atoms with Crippen LogP contribution in [0.5, 0.6) is 5.75 Å². The van der Waals surface area contributed by atoms with Crippen molar-refractivity contribution in [2.24, 2.45) is 4.99 Å². The predicted octanol–water partition coefficient (Wildman–Crippen LogP) is 6.47. The molecule has 0 saturated heterocycles. The van der Waals surface area contributed by atoms with E-state index in [4.69, 9.17) is 11.6 Å². The second-order valence-corrected chi connectivity index (χ2v) is 6.24. The number of rotatable bonds is 3. The first kappa shape index (κ1) is 18.6. The number of aliphatic imine (C=N–C) groups is 1. The molecule has 0 amide bonds. The second kappa shape index (κ2) is 7.43. The minimum absolute atomic E-state index is 0.225. The quantitative estimate of drug-likeness (QED) is 0.568. The minimum Gasteiger partial charge on any atom is -0.406 e. The number of allylic oxidation sites excluding steroid dienone is 3. The van der Waals surface area contributed by atoms with Gasteiger partial charge in [-0.3, -0.25) is 0 Å². The monoisotopic (exact) mass is 357 g/mol. The van der Waals surface area contributed by atoms with Crippen molar-refractivity contribution < 1.29 is 17.9 Å². The third-order valence-corrected chi connectivity index (χ3v) is 4.27. The number of hydrogen-bond donors (Lipinski definition) is 0. The average molecular weight is 358 g/mol. The molecule has 0 heterocycles. The van der Waals surface area contributed by atoms with Crippen molar-refractivity contribution in [3.05, 3.63) is 46.1 Å². The van der Waals surface area contributed by atoms with E-state index in [9.17, 15) is 13.2 Å². The van der Waals surface area contributed by atoms with E-state index in [1.54, 1.807) is 12.1 Å². The first-order valence-corrected chi connectivity index (χ1v) is 8.02. The van der Waals surface area contributed by atoms with Crippen LogP contribution in [0, 0.1) is 0 Å². The highest BCUT2D eigenvalue weighted by atomic mass is 35.5. The zero-order chi connectivity index (χ0) is 17.9. The number of nitrogens with zero attached hydrogens (tertiary/aromatic N) is 1. The van der Waals surface area contributed by atoms with E-state index in [1.165, 1.54) is 12.1 Å². The summed E-state index contributed by atoms with van der Waals surface area (Å²) in [6, 6.07) is 5.90. The molecular weight excluding hydrogens is 339 g/mol. The van der Waals surface area contributed by atoms with E-state index < -0.39 is 6.36 Å². The molecule has 130 valence electrons. The van der Waals surface area contributed by atoms with Gasteiger partial charge in [-0.15, -0.1) is 13.2 Å². The summed E-state index contributed by atoms with van der Waals surface area (Å²) in [7, 11) is 0. The number of alkyl halides is 3. The Balaban J connectivity index is 2.30. The van der Waals surface area contributed by atoms with Gasteiger partial charge in [0.2, 0.25) is 0 Å². The summed E-state index contributed by atoms with van der Waals surface area (Å²) in [5.74, 6) is -0.225. The summed E-state index contributed by atoms with van der Waals surface area (Å²) in [6.45, 7) is 5.75. The van der Waals surface area contributed by atoms with Gasteiger partial charge in [-0.25, -0.2) is 4.99 Å². The Morgan fingerprint density at radius 2 is 1.71 bits per heavy atom. The van der Waals surface area contributed by atoms with Crippen molar-refractivity contribution in [1.82, 2.24) is 0 Å². The summed E-state index contributed by atoms with van der Waals surface area (Å²) in [6.07, 6.45) is -1.95. The highest BCUT2D eigenvalue weighted by Crippen LogP contribution is 2.32. The van der Waals surface area contributed by atoms with Crippen LogP contribution >= 0.6 is 11.6 Å². The first-order valence-electron chi connectivity index (χ1n) is 7.64. The van der Waals surface area contributed by atoms with E-state index in [2.05, 4.69) is 9.73 Å². The third kappa shape index (κ3) is 4.87. The average Bonchev–Trinajstić information content (AvgIpc) is 2.93. The maximum atomic E-state index is 12.2. The summed E-state index contributed by atoms with van der Waals surface area (Å²) in [4.78, 5) is 4.50. The van der Waals surface area contributed by atoms with Gasteiger partial charge < -0.3 is 4.74 Å². The Morgan fingerprint density at radius 3 is 2.25 bits per heavy atom. The maximum Gasteiger partial charge on any atom is 0.573 e. The Bertz CT molecular complexity index is 696. The topological polar surface area (TPSA) is 21.6 Å². The molecule has 24 heavy (non-hydrogen) atoms. The summed E-state index contributed by atoms with van der Waals surface area (Å²) in [5, 5.41) is 0.492. The number of ether oxygens (including phenoxy) is 1. The summed E-state index contributed by atoms with van der Waals surface area (Å²) < 4.78 is 40.6. The predicted molar refractivity (Wildman–Crippen MR) is 91.2 cm³/mol. The van der Waals surface area contributed by atoms with Gasteiger partial charge in [-0.2, -0.15) is 0 Å². The van der Waals surface area contributed by atoms with Crippen LogP contribution in [0.2, 0.25) is 0 Å². The lowest BCUT2D eigenvalue weighted by Gasteiger charge is -2.11. The number of benzene rings is 1. The highest BCUT2D eigenvalue weighted by molar-refractivity contribution is 6.30. The minimum atomic E-state index is -4.68. The molecule has 2 rings (SSSR count). The van der Waals surface area contributed by atoms with E-state index >= 15 is 0 Å². The fourth-order valence-electron chi connectivity index (χ4n) is 2.57. The van der Waals surface area contributed by atoms with Crippen LogP contribution in [0.4, 0.5) is 13.2 Å². The molecule has 0 aliphatic heterocycles. The Morgan fingerprint density at radius 1 is 1.08 bits per heavy atom. The van der Waals surface area contributed by atoms with Crippen molar-refractivity contribution in [2.45, 2.75) is 46.4 Å². The molecule has 0 spiro atoms. The molecule has 1 aromatic carbocycles. The lowest BCUT2D eigenvalue weighted by molar-refractivity contribution is -0.274. The van der Waals surface area contributed by atoms with Gasteiger partial charge in [0.25, 0.3) is 0 Å². The number of halogens is 4. The van der Waals surface area contributed by atoms with E-state index in [1.807, 2.05) is 20.8 Å². The van der Waals surface area contributed by atoms with Crippen molar-refractivity contribution >= 4 is 22.9 Å². The van der Waals surface area contributed by atoms with Gasteiger partial charge in [0.15, 0.2) is 0 Å².